The molecule has 7 rings (SSSR count). The number of benzene rings is 2. The lowest BCUT2D eigenvalue weighted by molar-refractivity contribution is 0.102. The minimum atomic E-state index is -0.538. The third-order valence-electron chi connectivity index (χ3n) is 8.68. The molecule has 0 radical (unpaired) electrons. The van der Waals surface area contributed by atoms with Gasteiger partial charge < -0.3 is 9.55 Å². The molecular weight excluding hydrogens is 732 g/mol. The van der Waals surface area contributed by atoms with Crippen molar-refractivity contribution in [2.24, 2.45) is 0 Å². The van der Waals surface area contributed by atoms with E-state index in [1.807, 2.05) is 45.9 Å². The molecular formula is C40H30BrF2N5O4. The van der Waals surface area contributed by atoms with Crippen molar-refractivity contribution >= 4 is 49.3 Å². The maximum absolute atomic E-state index is 13.9. The molecule has 0 saturated heterocycles. The topological polar surface area (TPSA) is 128 Å². The molecule has 0 fully saturated rings. The van der Waals surface area contributed by atoms with Crippen LogP contribution in [-0.2, 0) is 6.54 Å². The average Bonchev–Trinajstić information content (AvgIpc) is 3.12. The number of fused-ring (bicyclic) bond motifs is 2. The molecule has 0 atom stereocenters. The second-order valence-corrected chi connectivity index (χ2v) is 13.1. The molecule has 9 nitrogen and oxygen atoms in total. The molecule has 0 unspecified atom stereocenters. The number of aromatic nitrogens is 5. The zero-order chi connectivity index (χ0) is 37.3. The number of pyridine rings is 5. The lowest BCUT2D eigenvalue weighted by atomic mass is 10.0. The first-order valence-corrected chi connectivity index (χ1v) is 16.8. The molecule has 7 aromatic rings. The van der Waals surface area contributed by atoms with Crippen molar-refractivity contribution in [3.63, 3.8) is 0 Å². The van der Waals surface area contributed by atoms with Crippen LogP contribution in [0.2, 0.25) is 0 Å². The predicted octanol–water partition coefficient (Wildman–Crippen LogP) is 7.50. The van der Waals surface area contributed by atoms with E-state index in [0.717, 1.165) is 40.3 Å². The molecule has 0 aliphatic rings. The molecule has 0 saturated carbocycles. The maximum atomic E-state index is 13.9. The molecule has 260 valence electrons. The van der Waals surface area contributed by atoms with E-state index in [-0.39, 0.29) is 21.9 Å². The SMILES string of the molecule is Cc1cc(C(=O)c2c[nH]c3ccc(F)cc3c2=O)cnc1C.Cc1cc(C(=O)c2cn(Cc3cccc(Br)n3)c3ccc(F)cc3c2=O)cnc1C. The van der Waals surface area contributed by atoms with Gasteiger partial charge in [0.25, 0.3) is 0 Å². The Hall–Kier alpha value is -6.01. The number of aromatic amines is 1. The lowest BCUT2D eigenvalue weighted by Crippen LogP contribution is -2.21. The van der Waals surface area contributed by atoms with Crippen molar-refractivity contribution < 1.29 is 18.4 Å². The van der Waals surface area contributed by atoms with E-state index >= 15 is 0 Å². The van der Waals surface area contributed by atoms with Gasteiger partial charge in [-0.2, -0.15) is 0 Å². The van der Waals surface area contributed by atoms with Crippen molar-refractivity contribution in [1.82, 2.24) is 24.5 Å². The van der Waals surface area contributed by atoms with E-state index in [0.29, 0.717) is 33.3 Å². The number of ketones is 2. The zero-order valence-corrected chi connectivity index (χ0v) is 30.0. The number of nitrogens with zero attached hydrogens (tertiary/aromatic N) is 4. The highest BCUT2D eigenvalue weighted by atomic mass is 79.9. The third-order valence-corrected chi connectivity index (χ3v) is 9.13. The van der Waals surface area contributed by atoms with Gasteiger partial charge in [-0.05, 0) is 115 Å². The summed E-state index contributed by atoms with van der Waals surface area (Å²) >= 11 is 3.35. The smallest absolute Gasteiger partial charge is 0.200 e. The Morgan fingerprint density at radius 2 is 1.33 bits per heavy atom. The Balaban J connectivity index is 0.000000187. The largest absolute Gasteiger partial charge is 0.360 e. The van der Waals surface area contributed by atoms with Crippen molar-refractivity contribution in [1.29, 1.82) is 0 Å². The Labute approximate surface area is 304 Å². The minimum Gasteiger partial charge on any atom is -0.360 e. The van der Waals surface area contributed by atoms with Crippen LogP contribution in [-0.4, -0.2) is 36.1 Å². The quantitative estimate of drug-likeness (QED) is 0.137. The molecule has 2 aromatic carbocycles. The molecule has 5 aromatic heterocycles. The minimum absolute atomic E-state index is 0.0249. The molecule has 0 spiro atoms. The van der Waals surface area contributed by atoms with Crippen LogP contribution in [0.1, 0.15) is 60.1 Å². The molecule has 0 aliphatic heterocycles. The average molecular weight is 763 g/mol. The fourth-order valence-electron chi connectivity index (χ4n) is 5.58. The van der Waals surface area contributed by atoms with Crippen LogP contribution >= 0.6 is 15.9 Å². The number of carbonyl (C=O) groups is 2. The maximum Gasteiger partial charge on any atom is 0.200 e. The van der Waals surface area contributed by atoms with Gasteiger partial charge in [-0.3, -0.25) is 29.1 Å². The monoisotopic (exact) mass is 761 g/mol. The van der Waals surface area contributed by atoms with Gasteiger partial charge in [0, 0.05) is 63.6 Å². The summed E-state index contributed by atoms with van der Waals surface area (Å²) in [6.07, 6.45) is 5.78. The van der Waals surface area contributed by atoms with Crippen molar-refractivity contribution in [3.8, 4) is 0 Å². The first-order chi connectivity index (χ1) is 24.8. The van der Waals surface area contributed by atoms with Gasteiger partial charge in [0.05, 0.1) is 28.9 Å². The van der Waals surface area contributed by atoms with Gasteiger partial charge in [-0.25, -0.2) is 13.8 Å². The fraction of sp³-hybridized carbons (Fsp3) is 0.125. The molecule has 0 bridgehead atoms. The summed E-state index contributed by atoms with van der Waals surface area (Å²) in [5.74, 6) is -1.93. The standard InChI is InChI=1S/C23H17BrFN3O2.C17H13FN2O2/c1-13-8-15(10-26-14(13)2)22(29)19-12-28(11-17-4-3-5-21(24)27-17)20-7-6-16(25)9-18(20)23(19)30;1-9-5-11(7-19-10(9)2)16(21)14-8-20-15-4-3-12(18)6-13(15)17(14)22/h3-10,12H,11H2,1-2H3;3-8H,1-2H3,(H,20,22). The third kappa shape index (κ3) is 7.38. The molecule has 1 N–H and O–H groups in total. The summed E-state index contributed by atoms with van der Waals surface area (Å²) in [7, 11) is 0. The lowest BCUT2D eigenvalue weighted by Gasteiger charge is -2.13. The van der Waals surface area contributed by atoms with E-state index < -0.39 is 34.1 Å². The van der Waals surface area contributed by atoms with Gasteiger partial charge in [0.15, 0.2) is 11.6 Å². The van der Waals surface area contributed by atoms with Crippen molar-refractivity contribution in [2.75, 3.05) is 0 Å². The summed E-state index contributed by atoms with van der Waals surface area (Å²) in [4.78, 5) is 66.8. The van der Waals surface area contributed by atoms with E-state index in [9.17, 15) is 28.0 Å². The number of aryl methyl sites for hydroxylation is 4. The first kappa shape index (κ1) is 35.8. The Morgan fingerprint density at radius 3 is 1.94 bits per heavy atom. The van der Waals surface area contributed by atoms with E-state index in [1.165, 1.54) is 49.1 Å². The summed E-state index contributed by atoms with van der Waals surface area (Å²) in [6, 6.07) is 16.8. The first-order valence-electron chi connectivity index (χ1n) is 16.0. The number of rotatable bonds is 6. The highest BCUT2D eigenvalue weighted by Gasteiger charge is 2.20. The fourth-order valence-corrected chi connectivity index (χ4v) is 5.96. The number of halogens is 3. The van der Waals surface area contributed by atoms with Gasteiger partial charge in [-0.15, -0.1) is 0 Å². The summed E-state index contributed by atoms with van der Waals surface area (Å²) < 4.78 is 29.7. The number of nitrogens with one attached hydrogen (secondary N) is 1. The van der Waals surface area contributed by atoms with Crippen LogP contribution in [0.3, 0.4) is 0 Å². The highest BCUT2D eigenvalue weighted by Crippen LogP contribution is 2.19. The van der Waals surface area contributed by atoms with Gasteiger partial charge in [0.1, 0.15) is 16.2 Å². The van der Waals surface area contributed by atoms with E-state index in [2.05, 4.69) is 35.9 Å². The van der Waals surface area contributed by atoms with Gasteiger partial charge in [-0.1, -0.05) is 6.07 Å². The summed E-state index contributed by atoms with van der Waals surface area (Å²) in [5, 5.41) is 0.301. The van der Waals surface area contributed by atoms with E-state index in [4.69, 9.17) is 0 Å². The summed E-state index contributed by atoms with van der Waals surface area (Å²) in [5.41, 5.74) is 4.70. The normalized spacial score (nSPS) is 11.0. The number of hydrogen-bond donors (Lipinski definition) is 1. The van der Waals surface area contributed by atoms with Crippen LogP contribution < -0.4 is 10.9 Å². The molecule has 0 aliphatic carbocycles. The van der Waals surface area contributed by atoms with Crippen LogP contribution in [0, 0.1) is 39.3 Å². The molecule has 12 heteroatoms. The number of H-pyrrole nitrogens is 1. The number of hydrogen-bond acceptors (Lipinski definition) is 7. The second-order valence-electron chi connectivity index (χ2n) is 12.2. The number of carbonyl (C=O) groups excluding carboxylic acids is 2. The van der Waals surface area contributed by atoms with Crippen LogP contribution in [0.25, 0.3) is 21.8 Å². The van der Waals surface area contributed by atoms with E-state index in [1.54, 1.807) is 16.7 Å². The molecule has 5 heterocycles. The van der Waals surface area contributed by atoms with Crippen LogP contribution in [0.15, 0.2) is 106 Å². The van der Waals surface area contributed by atoms with Crippen molar-refractivity contribution in [3.05, 3.63) is 179 Å². The Kier molecular flexibility index (Phi) is 10.1. The van der Waals surface area contributed by atoms with Crippen LogP contribution in [0.4, 0.5) is 8.78 Å². The van der Waals surface area contributed by atoms with Crippen LogP contribution in [0.5, 0.6) is 0 Å². The predicted molar refractivity (Wildman–Crippen MR) is 198 cm³/mol. The zero-order valence-electron chi connectivity index (χ0n) is 28.4. The molecule has 52 heavy (non-hydrogen) atoms. The molecule has 0 amide bonds. The van der Waals surface area contributed by atoms with Gasteiger partial charge in [0.2, 0.25) is 10.9 Å². The Morgan fingerprint density at radius 1 is 0.750 bits per heavy atom. The Bertz CT molecular complexity index is 2690. The second kappa shape index (κ2) is 14.7. The highest BCUT2D eigenvalue weighted by molar-refractivity contribution is 9.10. The summed E-state index contributed by atoms with van der Waals surface area (Å²) in [6.45, 7) is 7.70. The van der Waals surface area contributed by atoms with Gasteiger partial charge >= 0.3 is 0 Å². The van der Waals surface area contributed by atoms with Crippen molar-refractivity contribution in [2.45, 2.75) is 34.2 Å².